The number of nitrogens with two attached hydrogens (primary N) is 1. The molecule has 1 heterocycles. The lowest BCUT2D eigenvalue weighted by atomic mass is 10.0. The smallest absolute Gasteiger partial charge is 0.251 e. The molecule has 0 spiro atoms. The highest BCUT2D eigenvalue weighted by Gasteiger charge is 2.26. The molecule has 0 atom stereocenters. The first kappa shape index (κ1) is 15.8. The minimum Gasteiger partial charge on any atom is -0.365 e. The van der Waals surface area contributed by atoms with Gasteiger partial charge in [-0.2, -0.15) is 0 Å². The zero-order valence-corrected chi connectivity index (χ0v) is 14.5. The molecular weight excluding hydrogens is 332 g/mol. The number of nitrogens with one attached hydrogen (secondary N) is 1. The Hall–Kier alpha value is -2.66. The third-order valence-electron chi connectivity index (χ3n) is 4.60. The average molecular weight is 350 g/mol. The lowest BCUT2D eigenvalue weighted by molar-refractivity contribution is -0.115. The Morgan fingerprint density at radius 3 is 2.68 bits per heavy atom. The molecule has 4 nitrogen and oxygen atoms in total. The predicted molar refractivity (Wildman–Crippen MR) is 101 cm³/mol. The second kappa shape index (κ2) is 6.33. The molecule has 0 fully saturated rings. The zero-order valence-electron chi connectivity index (χ0n) is 13.7. The summed E-state index contributed by atoms with van der Waals surface area (Å²) in [7, 11) is 0. The van der Waals surface area contributed by atoms with E-state index in [2.05, 4.69) is 5.32 Å². The van der Waals surface area contributed by atoms with E-state index in [-0.39, 0.29) is 12.3 Å². The molecule has 126 valence electrons. The summed E-state index contributed by atoms with van der Waals surface area (Å²) < 4.78 is 0. The Morgan fingerprint density at radius 2 is 1.88 bits per heavy atom. The Balaban J connectivity index is 1.55. The molecule has 1 aliphatic carbocycles. The Morgan fingerprint density at radius 1 is 1.08 bits per heavy atom. The van der Waals surface area contributed by atoms with E-state index >= 15 is 0 Å². The van der Waals surface area contributed by atoms with E-state index in [4.69, 9.17) is 5.73 Å². The third kappa shape index (κ3) is 3.03. The van der Waals surface area contributed by atoms with Crippen molar-refractivity contribution in [1.29, 1.82) is 0 Å². The van der Waals surface area contributed by atoms with Crippen molar-refractivity contribution in [2.24, 2.45) is 5.73 Å². The first-order valence-electron chi connectivity index (χ1n) is 8.33. The lowest BCUT2D eigenvalue weighted by Gasteiger charge is -2.07. The number of aryl methyl sites for hydroxylation is 1. The highest BCUT2D eigenvalue weighted by Crippen LogP contribution is 2.38. The Labute approximate surface area is 149 Å². The first-order valence-corrected chi connectivity index (χ1v) is 9.15. The van der Waals surface area contributed by atoms with E-state index in [0.29, 0.717) is 10.6 Å². The highest BCUT2D eigenvalue weighted by atomic mass is 32.1. The van der Waals surface area contributed by atoms with Crippen molar-refractivity contribution < 1.29 is 9.59 Å². The Bertz CT molecular complexity index is 991. The minimum absolute atomic E-state index is 0.127. The van der Waals surface area contributed by atoms with Gasteiger partial charge in [0, 0.05) is 4.88 Å². The molecule has 2 amide bonds. The van der Waals surface area contributed by atoms with Crippen LogP contribution in [0.25, 0.3) is 10.8 Å². The molecule has 5 heteroatoms. The van der Waals surface area contributed by atoms with Crippen LogP contribution in [0.2, 0.25) is 0 Å². The number of carbonyl (C=O) groups excluding carboxylic acids is 2. The SMILES string of the molecule is NC(=O)c1c(NC(=O)Cc2ccc3ccccc3c2)sc2c1CCC2. The quantitative estimate of drug-likeness (QED) is 0.753. The normalized spacial score (nSPS) is 13.0. The third-order valence-corrected chi connectivity index (χ3v) is 5.81. The van der Waals surface area contributed by atoms with Gasteiger partial charge in [0.05, 0.1) is 12.0 Å². The molecule has 0 unspecified atom stereocenters. The van der Waals surface area contributed by atoms with Crippen molar-refractivity contribution in [1.82, 2.24) is 0 Å². The van der Waals surface area contributed by atoms with E-state index in [1.807, 2.05) is 42.5 Å². The molecule has 1 aliphatic rings. The predicted octanol–water partition coefficient (Wildman–Crippen LogP) is 3.67. The maximum atomic E-state index is 12.5. The molecule has 0 saturated heterocycles. The van der Waals surface area contributed by atoms with Crippen molar-refractivity contribution in [3.05, 3.63) is 64.0 Å². The second-order valence-electron chi connectivity index (χ2n) is 6.33. The highest BCUT2D eigenvalue weighted by molar-refractivity contribution is 7.17. The summed E-state index contributed by atoms with van der Waals surface area (Å²) in [6, 6.07) is 14.1. The van der Waals surface area contributed by atoms with E-state index in [1.165, 1.54) is 16.2 Å². The van der Waals surface area contributed by atoms with Crippen LogP contribution in [-0.2, 0) is 24.1 Å². The molecule has 0 saturated carbocycles. The van der Waals surface area contributed by atoms with Gasteiger partial charge in [0.25, 0.3) is 5.91 Å². The fraction of sp³-hybridized carbons (Fsp3) is 0.200. The number of benzene rings is 2. The number of thiophene rings is 1. The maximum absolute atomic E-state index is 12.5. The monoisotopic (exact) mass is 350 g/mol. The molecule has 0 aliphatic heterocycles. The molecule has 4 rings (SSSR count). The van der Waals surface area contributed by atoms with Crippen molar-refractivity contribution in [3.63, 3.8) is 0 Å². The van der Waals surface area contributed by atoms with Gasteiger partial charge in [-0.1, -0.05) is 42.5 Å². The van der Waals surface area contributed by atoms with Gasteiger partial charge < -0.3 is 11.1 Å². The van der Waals surface area contributed by atoms with Gasteiger partial charge in [-0.05, 0) is 41.2 Å². The molecule has 3 N–H and O–H groups in total. The van der Waals surface area contributed by atoms with Crippen LogP contribution in [0.3, 0.4) is 0 Å². The van der Waals surface area contributed by atoms with Gasteiger partial charge in [-0.25, -0.2) is 0 Å². The fourth-order valence-corrected chi connectivity index (χ4v) is 4.77. The van der Waals surface area contributed by atoms with Crippen LogP contribution in [0.1, 0.15) is 32.8 Å². The van der Waals surface area contributed by atoms with Crippen LogP contribution in [0.4, 0.5) is 5.00 Å². The van der Waals surface area contributed by atoms with Gasteiger partial charge in [0.15, 0.2) is 0 Å². The molecule has 3 aromatic rings. The summed E-state index contributed by atoms with van der Waals surface area (Å²) in [5, 5.41) is 5.76. The summed E-state index contributed by atoms with van der Waals surface area (Å²) >= 11 is 1.49. The average Bonchev–Trinajstić information content (AvgIpc) is 3.14. The van der Waals surface area contributed by atoms with Gasteiger partial charge in [-0.3, -0.25) is 9.59 Å². The largest absolute Gasteiger partial charge is 0.365 e. The van der Waals surface area contributed by atoms with Crippen molar-refractivity contribution in [2.75, 3.05) is 5.32 Å². The molecular formula is C20H18N2O2S. The van der Waals surface area contributed by atoms with Crippen molar-refractivity contribution in [3.8, 4) is 0 Å². The van der Waals surface area contributed by atoms with E-state index in [0.717, 1.165) is 41.2 Å². The van der Waals surface area contributed by atoms with Gasteiger partial charge in [-0.15, -0.1) is 11.3 Å². The maximum Gasteiger partial charge on any atom is 0.251 e. The molecule has 0 bridgehead atoms. The number of amides is 2. The summed E-state index contributed by atoms with van der Waals surface area (Å²) in [4.78, 5) is 25.4. The molecule has 25 heavy (non-hydrogen) atoms. The molecule has 0 radical (unpaired) electrons. The van der Waals surface area contributed by atoms with Crippen molar-refractivity contribution in [2.45, 2.75) is 25.7 Å². The number of fused-ring (bicyclic) bond motifs is 2. The van der Waals surface area contributed by atoms with Crippen LogP contribution in [0, 0.1) is 0 Å². The number of hydrogen-bond donors (Lipinski definition) is 2. The standard InChI is InChI=1S/C20H18N2O2S/c21-19(24)18-15-6-3-7-16(15)25-20(18)22-17(23)11-12-8-9-13-4-1-2-5-14(13)10-12/h1-2,4-5,8-10H,3,6-7,11H2,(H2,21,24)(H,22,23). The first-order chi connectivity index (χ1) is 12.1. The second-order valence-corrected chi connectivity index (χ2v) is 7.44. The molecule has 2 aromatic carbocycles. The van der Waals surface area contributed by atoms with Gasteiger partial charge >= 0.3 is 0 Å². The van der Waals surface area contributed by atoms with E-state index in [1.54, 1.807) is 0 Å². The summed E-state index contributed by atoms with van der Waals surface area (Å²) in [6.45, 7) is 0. The number of primary amides is 1. The molecule has 1 aromatic heterocycles. The van der Waals surface area contributed by atoms with E-state index in [9.17, 15) is 9.59 Å². The van der Waals surface area contributed by atoms with Crippen LogP contribution in [-0.4, -0.2) is 11.8 Å². The van der Waals surface area contributed by atoms with Crippen LogP contribution in [0.5, 0.6) is 0 Å². The number of hydrogen-bond acceptors (Lipinski definition) is 3. The van der Waals surface area contributed by atoms with Crippen LogP contribution < -0.4 is 11.1 Å². The topological polar surface area (TPSA) is 72.2 Å². The minimum atomic E-state index is -0.458. The number of carbonyl (C=O) groups is 2. The summed E-state index contributed by atoms with van der Waals surface area (Å²) in [5.41, 5.74) is 8.01. The van der Waals surface area contributed by atoms with Gasteiger partial charge in [0.1, 0.15) is 5.00 Å². The number of anilines is 1. The summed E-state index contributed by atoms with van der Waals surface area (Å²) in [5.74, 6) is -0.585. The lowest BCUT2D eigenvalue weighted by Crippen LogP contribution is -2.19. The van der Waals surface area contributed by atoms with E-state index < -0.39 is 5.91 Å². The zero-order chi connectivity index (χ0) is 17.4. The number of rotatable bonds is 4. The Kier molecular flexibility index (Phi) is 4.01. The van der Waals surface area contributed by atoms with Gasteiger partial charge in [0.2, 0.25) is 5.91 Å². The van der Waals surface area contributed by atoms with Crippen LogP contribution in [0.15, 0.2) is 42.5 Å². The van der Waals surface area contributed by atoms with Crippen LogP contribution >= 0.6 is 11.3 Å². The fourth-order valence-electron chi connectivity index (χ4n) is 3.46. The van der Waals surface area contributed by atoms with Crippen molar-refractivity contribution >= 4 is 38.9 Å². The summed E-state index contributed by atoms with van der Waals surface area (Å²) in [6.07, 6.45) is 3.14.